The normalized spacial score (nSPS) is 33.2. The monoisotopic (exact) mass is 266 g/mol. The zero-order valence-electron chi connectivity index (χ0n) is 13.3. The van der Waals surface area contributed by atoms with E-state index in [-0.39, 0.29) is 17.0 Å². The predicted octanol–water partition coefficient (Wildman–Crippen LogP) is 4.57. The highest BCUT2D eigenvalue weighted by Gasteiger charge is 2.50. The minimum Gasteiger partial charge on any atom is -0.459 e. The predicted molar refractivity (Wildman–Crippen MR) is 77.8 cm³/mol. The van der Waals surface area contributed by atoms with Crippen LogP contribution in [0.3, 0.4) is 0 Å². The maximum Gasteiger partial charge on any atom is 0.312 e. The first-order chi connectivity index (χ1) is 8.82. The van der Waals surface area contributed by atoms with Crippen molar-refractivity contribution < 1.29 is 9.53 Å². The highest BCUT2D eigenvalue weighted by Crippen LogP contribution is 2.54. The third-order valence-corrected chi connectivity index (χ3v) is 5.99. The molecule has 2 bridgehead atoms. The number of esters is 1. The van der Waals surface area contributed by atoms with Crippen LogP contribution in [-0.2, 0) is 9.53 Å². The van der Waals surface area contributed by atoms with Gasteiger partial charge in [0.25, 0.3) is 0 Å². The summed E-state index contributed by atoms with van der Waals surface area (Å²) in [5.41, 5.74) is -0.600. The standard InChI is InChI=1S/C17H30O2/c1-6-16(3,4)15(18)19-17(5,7-2)14-11-12-8-9-13(14)10-12/h12-14H,6-11H2,1-5H3. The Morgan fingerprint density at radius 1 is 1.11 bits per heavy atom. The van der Waals surface area contributed by atoms with Crippen LogP contribution >= 0.6 is 0 Å². The molecule has 0 saturated heterocycles. The number of hydrogen-bond donors (Lipinski definition) is 0. The van der Waals surface area contributed by atoms with E-state index in [9.17, 15) is 4.79 Å². The van der Waals surface area contributed by atoms with Gasteiger partial charge in [0.05, 0.1) is 5.41 Å². The lowest BCUT2D eigenvalue weighted by atomic mass is 9.75. The van der Waals surface area contributed by atoms with Crippen LogP contribution < -0.4 is 0 Å². The van der Waals surface area contributed by atoms with Crippen molar-refractivity contribution in [1.82, 2.24) is 0 Å². The van der Waals surface area contributed by atoms with Gasteiger partial charge in [0, 0.05) is 5.92 Å². The van der Waals surface area contributed by atoms with Crippen molar-refractivity contribution in [1.29, 1.82) is 0 Å². The summed E-state index contributed by atoms with van der Waals surface area (Å²) < 4.78 is 6.04. The van der Waals surface area contributed by atoms with Gasteiger partial charge in [-0.1, -0.05) is 20.3 Å². The Morgan fingerprint density at radius 2 is 1.79 bits per heavy atom. The molecule has 0 radical (unpaired) electrons. The molecule has 2 saturated carbocycles. The fourth-order valence-corrected chi connectivity index (χ4v) is 3.90. The minimum atomic E-state index is -0.353. The lowest BCUT2D eigenvalue weighted by molar-refractivity contribution is -0.178. The van der Waals surface area contributed by atoms with E-state index in [0.29, 0.717) is 5.92 Å². The Bertz CT molecular complexity index is 347. The molecule has 0 aromatic heterocycles. The van der Waals surface area contributed by atoms with Crippen LogP contribution in [-0.4, -0.2) is 11.6 Å². The SMILES string of the molecule is CCC(C)(C)C(=O)OC(C)(CC)C1CC2CCC1C2. The van der Waals surface area contributed by atoms with Gasteiger partial charge in [0.15, 0.2) is 0 Å². The van der Waals surface area contributed by atoms with E-state index >= 15 is 0 Å². The average Bonchev–Trinajstić information content (AvgIpc) is 3.00. The molecule has 0 N–H and O–H groups in total. The van der Waals surface area contributed by atoms with Crippen molar-refractivity contribution >= 4 is 5.97 Å². The molecule has 0 heterocycles. The summed E-state index contributed by atoms with van der Waals surface area (Å²) in [5, 5.41) is 0. The van der Waals surface area contributed by atoms with Crippen LogP contribution in [0.4, 0.5) is 0 Å². The van der Waals surface area contributed by atoms with Crippen molar-refractivity contribution in [3.63, 3.8) is 0 Å². The van der Waals surface area contributed by atoms with Crippen LogP contribution in [0.2, 0.25) is 0 Å². The average molecular weight is 266 g/mol. The molecule has 2 aliphatic carbocycles. The Balaban J connectivity index is 2.08. The summed E-state index contributed by atoms with van der Waals surface area (Å²) in [5.74, 6) is 2.28. The van der Waals surface area contributed by atoms with E-state index in [1.165, 1.54) is 25.7 Å². The van der Waals surface area contributed by atoms with E-state index in [1.54, 1.807) is 0 Å². The third-order valence-electron chi connectivity index (χ3n) is 5.99. The van der Waals surface area contributed by atoms with Crippen LogP contribution in [0.5, 0.6) is 0 Å². The van der Waals surface area contributed by atoms with Crippen molar-refractivity contribution in [3.8, 4) is 0 Å². The lowest BCUT2D eigenvalue weighted by Crippen LogP contribution is -2.44. The maximum absolute atomic E-state index is 12.4. The molecule has 0 spiro atoms. The number of carbonyl (C=O) groups excluding carboxylic acids is 1. The summed E-state index contributed by atoms with van der Waals surface area (Å²) >= 11 is 0. The summed E-state index contributed by atoms with van der Waals surface area (Å²) in [6.45, 7) is 10.4. The number of fused-ring (bicyclic) bond motifs is 2. The first-order valence-corrected chi connectivity index (χ1v) is 8.06. The summed E-state index contributed by atoms with van der Waals surface area (Å²) in [6.07, 6.45) is 7.16. The molecule has 0 amide bonds. The van der Waals surface area contributed by atoms with Gasteiger partial charge in [0.1, 0.15) is 5.60 Å². The first-order valence-electron chi connectivity index (χ1n) is 8.06. The first kappa shape index (κ1) is 14.9. The van der Waals surface area contributed by atoms with Crippen LogP contribution in [0.25, 0.3) is 0 Å². The van der Waals surface area contributed by atoms with Crippen molar-refractivity contribution in [2.45, 2.75) is 78.7 Å². The van der Waals surface area contributed by atoms with E-state index < -0.39 is 0 Å². The smallest absolute Gasteiger partial charge is 0.312 e. The van der Waals surface area contributed by atoms with E-state index in [0.717, 1.165) is 24.7 Å². The van der Waals surface area contributed by atoms with Gasteiger partial charge in [-0.25, -0.2) is 0 Å². The molecule has 4 unspecified atom stereocenters. The maximum atomic E-state index is 12.4. The molecule has 0 aromatic rings. The second kappa shape index (κ2) is 5.10. The molecule has 0 aliphatic heterocycles. The van der Waals surface area contributed by atoms with Gasteiger partial charge in [-0.2, -0.15) is 0 Å². The van der Waals surface area contributed by atoms with Gasteiger partial charge in [0.2, 0.25) is 0 Å². The highest BCUT2D eigenvalue weighted by atomic mass is 16.6. The minimum absolute atomic E-state index is 0.0119. The van der Waals surface area contributed by atoms with Crippen LogP contribution in [0, 0.1) is 23.2 Å². The highest BCUT2D eigenvalue weighted by molar-refractivity contribution is 5.76. The zero-order chi connectivity index (χ0) is 14.3. The van der Waals surface area contributed by atoms with Gasteiger partial charge in [-0.3, -0.25) is 4.79 Å². The number of ether oxygens (including phenoxy) is 1. The quantitative estimate of drug-likeness (QED) is 0.681. The van der Waals surface area contributed by atoms with Gasteiger partial charge in [-0.05, 0) is 64.7 Å². The molecule has 0 aromatic carbocycles. The zero-order valence-corrected chi connectivity index (χ0v) is 13.3. The number of carbonyl (C=O) groups is 1. The van der Waals surface area contributed by atoms with Crippen LogP contribution in [0.1, 0.15) is 73.1 Å². The summed E-state index contributed by atoms with van der Waals surface area (Å²) in [7, 11) is 0. The van der Waals surface area contributed by atoms with E-state index in [4.69, 9.17) is 4.74 Å². The second-order valence-corrected chi connectivity index (χ2v) is 7.57. The summed E-state index contributed by atoms with van der Waals surface area (Å²) in [6, 6.07) is 0. The number of rotatable bonds is 5. The lowest BCUT2D eigenvalue weighted by Gasteiger charge is -2.41. The molecular weight excluding hydrogens is 236 g/mol. The number of hydrogen-bond acceptors (Lipinski definition) is 2. The topological polar surface area (TPSA) is 26.3 Å². The molecule has 4 atom stereocenters. The molecule has 2 rings (SSSR count). The van der Waals surface area contributed by atoms with Crippen molar-refractivity contribution in [3.05, 3.63) is 0 Å². The molecular formula is C17H30O2. The Morgan fingerprint density at radius 3 is 2.21 bits per heavy atom. The molecule has 2 aliphatic rings. The van der Waals surface area contributed by atoms with Crippen molar-refractivity contribution in [2.75, 3.05) is 0 Å². The molecule has 19 heavy (non-hydrogen) atoms. The third kappa shape index (κ3) is 2.68. The Hall–Kier alpha value is -0.530. The fraction of sp³-hybridized carbons (Fsp3) is 0.941. The molecule has 2 heteroatoms. The Labute approximate surface area is 118 Å². The van der Waals surface area contributed by atoms with Gasteiger partial charge < -0.3 is 4.74 Å². The molecule has 2 nitrogen and oxygen atoms in total. The van der Waals surface area contributed by atoms with Gasteiger partial charge >= 0.3 is 5.97 Å². The Kier molecular flexibility index (Phi) is 3.99. The second-order valence-electron chi connectivity index (χ2n) is 7.57. The van der Waals surface area contributed by atoms with E-state index in [1.807, 2.05) is 13.8 Å². The molecule has 110 valence electrons. The van der Waals surface area contributed by atoms with E-state index in [2.05, 4.69) is 20.8 Å². The van der Waals surface area contributed by atoms with Crippen molar-refractivity contribution in [2.24, 2.45) is 23.2 Å². The van der Waals surface area contributed by atoms with Crippen LogP contribution in [0.15, 0.2) is 0 Å². The summed E-state index contributed by atoms with van der Waals surface area (Å²) in [4.78, 5) is 12.4. The fourth-order valence-electron chi connectivity index (χ4n) is 3.90. The largest absolute Gasteiger partial charge is 0.459 e. The van der Waals surface area contributed by atoms with Gasteiger partial charge in [-0.15, -0.1) is 0 Å². The molecule has 2 fully saturated rings.